The van der Waals surface area contributed by atoms with Crippen LogP contribution in [0.2, 0.25) is 0 Å². The molecule has 0 fully saturated rings. The number of amides is 1. The lowest BCUT2D eigenvalue weighted by Crippen LogP contribution is -2.31. The second-order valence-electron chi connectivity index (χ2n) is 6.30. The van der Waals surface area contributed by atoms with E-state index in [2.05, 4.69) is 5.32 Å². The number of carbonyl (C=O) groups excluding carboxylic acids is 1. The number of allylic oxidation sites excluding steroid dienone is 1. The van der Waals surface area contributed by atoms with E-state index in [-0.39, 0.29) is 12.3 Å². The van der Waals surface area contributed by atoms with Crippen LogP contribution in [-0.2, 0) is 9.59 Å². The van der Waals surface area contributed by atoms with E-state index in [0.29, 0.717) is 0 Å². The molecular weight excluding hydrogens is 302 g/mol. The van der Waals surface area contributed by atoms with Crippen molar-refractivity contribution in [2.24, 2.45) is 0 Å². The Hall–Kier alpha value is -2.62. The van der Waals surface area contributed by atoms with E-state index in [0.717, 1.165) is 46.7 Å². The molecule has 24 heavy (non-hydrogen) atoms. The molecule has 0 spiro atoms. The number of nitrogens with one attached hydrogen (secondary N) is 1. The predicted molar refractivity (Wildman–Crippen MR) is 93.6 cm³/mol. The fourth-order valence-corrected chi connectivity index (χ4v) is 3.41. The van der Waals surface area contributed by atoms with Crippen molar-refractivity contribution in [1.82, 2.24) is 5.32 Å². The summed E-state index contributed by atoms with van der Waals surface area (Å²) in [6.45, 7) is 1.98. The molecule has 0 saturated carbocycles. The van der Waals surface area contributed by atoms with Gasteiger partial charge in [-0.15, -0.1) is 0 Å². The average molecular weight is 323 g/mol. The Morgan fingerprint density at radius 1 is 1.12 bits per heavy atom. The second kappa shape index (κ2) is 6.87. The lowest BCUT2D eigenvalue weighted by atomic mass is 9.96. The van der Waals surface area contributed by atoms with E-state index in [4.69, 9.17) is 0 Å². The minimum absolute atomic E-state index is 0.133. The van der Waals surface area contributed by atoms with Gasteiger partial charge in [-0.05, 0) is 42.5 Å². The summed E-state index contributed by atoms with van der Waals surface area (Å²) in [6.07, 6.45) is 2.58. The fourth-order valence-electron chi connectivity index (χ4n) is 3.41. The van der Waals surface area contributed by atoms with Crippen molar-refractivity contribution in [3.05, 3.63) is 59.2 Å². The van der Waals surface area contributed by atoms with Crippen molar-refractivity contribution >= 4 is 22.6 Å². The summed E-state index contributed by atoms with van der Waals surface area (Å²) < 4.78 is 0. The highest BCUT2D eigenvalue weighted by Crippen LogP contribution is 2.29. The summed E-state index contributed by atoms with van der Waals surface area (Å²) in [6, 6.07) is 13.1. The number of rotatable bonds is 5. The van der Waals surface area contributed by atoms with Crippen LogP contribution in [0.3, 0.4) is 0 Å². The summed E-state index contributed by atoms with van der Waals surface area (Å²) in [5, 5.41) is 14.2. The zero-order valence-corrected chi connectivity index (χ0v) is 13.7. The van der Waals surface area contributed by atoms with Gasteiger partial charge in [-0.2, -0.15) is 0 Å². The molecule has 0 aliphatic heterocycles. The maximum Gasteiger partial charge on any atom is 0.305 e. The van der Waals surface area contributed by atoms with Crippen LogP contribution < -0.4 is 5.32 Å². The Morgan fingerprint density at radius 2 is 1.88 bits per heavy atom. The first-order valence-corrected chi connectivity index (χ1v) is 8.25. The second-order valence-corrected chi connectivity index (χ2v) is 6.30. The number of carbonyl (C=O) groups is 2. The van der Waals surface area contributed by atoms with Gasteiger partial charge < -0.3 is 10.4 Å². The molecular formula is C20H21NO3. The van der Waals surface area contributed by atoms with Gasteiger partial charge in [-0.3, -0.25) is 9.59 Å². The number of carboxylic acids is 1. The van der Waals surface area contributed by atoms with Gasteiger partial charge in [-0.1, -0.05) is 48.0 Å². The molecule has 2 aromatic rings. The predicted octanol–water partition coefficient (Wildman–Crippen LogP) is 3.97. The van der Waals surface area contributed by atoms with Gasteiger partial charge in [0, 0.05) is 5.57 Å². The van der Waals surface area contributed by atoms with Gasteiger partial charge >= 0.3 is 5.97 Å². The van der Waals surface area contributed by atoms with Crippen LogP contribution >= 0.6 is 0 Å². The van der Waals surface area contributed by atoms with Crippen molar-refractivity contribution in [3.63, 3.8) is 0 Å². The van der Waals surface area contributed by atoms with E-state index >= 15 is 0 Å². The van der Waals surface area contributed by atoms with E-state index in [9.17, 15) is 14.7 Å². The molecule has 2 N–H and O–H groups in total. The molecule has 124 valence electrons. The molecule has 0 heterocycles. The van der Waals surface area contributed by atoms with Crippen molar-refractivity contribution in [2.75, 3.05) is 0 Å². The zero-order valence-electron chi connectivity index (χ0n) is 13.7. The Kier molecular flexibility index (Phi) is 4.65. The summed E-state index contributed by atoms with van der Waals surface area (Å²) in [5.74, 6) is -1.06. The minimum Gasteiger partial charge on any atom is -0.481 e. The number of aliphatic carboxylic acids is 1. The summed E-state index contributed by atoms with van der Waals surface area (Å²) in [7, 11) is 0. The van der Waals surface area contributed by atoms with Gasteiger partial charge in [0.2, 0.25) is 5.91 Å². The topological polar surface area (TPSA) is 66.4 Å². The van der Waals surface area contributed by atoms with E-state index in [1.807, 2.05) is 49.4 Å². The Morgan fingerprint density at radius 3 is 2.58 bits per heavy atom. The quantitative estimate of drug-likeness (QED) is 0.875. The van der Waals surface area contributed by atoms with Crippen molar-refractivity contribution in [2.45, 2.75) is 38.6 Å². The van der Waals surface area contributed by atoms with Crippen LogP contribution in [0.4, 0.5) is 0 Å². The standard InChI is InChI=1S/C20H21NO3/c1-13-6-4-10-15(13)20(24)21-18(12-19(22)23)17-11-5-8-14-7-2-3-9-16(14)17/h2-3,5,7-9,11,18H,4,6,10,12H2,1H3,(H,21,24)(H,22,23)/t18-/m1/s1. The van der Waals surface area contributed by atoms with Gasteiger partial charge in [0.05, 0.1) is 12.5 Å². The van der Waals surface area contributed by atoms with Gasteiger partial charge in [0.25, 0.3) is 0 Å². The van der Waals surface area contributed by atoms with Crippen LogP contribution in [0.25, 0.3) is 10.8 Å². The molecule has 0 radical (unpaired) electrons. The first kappa shape index (κ1) is 16.2. The normalized spacial score (nSPS) is 15.5. The minimum atomic E-state index is -0.926. The number of benzene rings is 2. The van der Waals surface area contributed by atoms with Crippen molar-refractivity contribution < 1.29 is 14.7 Å². The molecule has 4 nitrogen and oxygen atoms in total. The Bertz CT molecular complexity index is 817. The highest BCUT2D eigenvalue weighted by Gasteiger charge is 2.24. The molecule has 1 amide bonds. The van der Waals surface area contributed by atoms with Gasteiger partial charge in [-0.25, -0.2) is 0 Å². The van der Waals surface area contributed by atoms with Gasteiger partial charge in [0.1, 0.15) is 0 Å². The number of carboxylic acid groups (broad SMARTS) is 1. The molecule has 1 aliphatic rings. The highest BCUT2D eigenvalue weighted by molar-refractivity contribution is 5.96. The van der Waals surface area contributed by atoms with Crippen LogP contribution in [0, 0.1) is 0 Å². The molecule has 2 aromatic carbocycles. The maximum absolute atomic E-state index is 12.6. The summed E-state index contributed by atoms with van der Waals surface area (Å²) in [5.41, 5.74) is 2.77. The third-order valence-corrected chi connectivity index (χ3v) is 4.65. The monoisotopic (exact) mass is 323 g/mol. The third-order valence-electron chi connectivity index (χ3n) is 4.65. The number of fused-ring (bicyclic) bond motifs is 1. The molecule has 0 bridgehead atoms. The first-order valence-electron chi connectivity index (χ1n) is 8.25. The van der Waals surface area contributed by atoms with E-state index in [1.54, 1.807) is 0 Å². The van der Waals surface area contributed by atoms with Crippen LogP contribution in [-0.4, -0.2) is 17.0 Å². The lowest BCUT2D eigenvalue weighted by Gasteiger charge is -2.20. The molecule has 4 heteroatoms. The van der Waals surface area contributed by atoms with E-state index in [1.165, 1.54) is 0 Å². The van der Waals surface area contributed by atoms with Crippen LogP contribution in [0.1, 0.15) is 44.2 Å². The van der Waals surface area contributed by atoms with E-state index < -0.39 is 12.0 Å². The maximum atomic E-state index is 12.6. The zero-order chi connectivity index (χ0) is 17.1. The highest BCUT2D eigenvalue weighted by atomic mass is 16.4. The van der Waals surface area contributed by atoms with Crippen molar-refractivity contribution in [3.8, 4) is 0 Å². The summed E-state index contributed by atoms with van der Waals surface area (Å²) >= 11 is 0. The van der Waals surface area contributed by atoms with Gasteiger partial charge in [0.15, 0.2) is 0 Å². The summed E-state index contributed by atoms with van der Waals surface area (Å²) in [4.78, 5) is 23.9. The SMILES string of the molecule is CC1=C(C(=O)N[C@H](CC(=O)O)c2cccc3ccccc23)CCC1. The molecule has 1 atom stereocenters. The molecule has 0 unspecified atom stereocenters. The fraction of sp³-hybridized carbons (Fsp3) is 0.300. The van der Waals surface area contributed by atoms with Crippen LogP contribution in [0.15, 0.2) is 53.6 Å². The molecule has 1 aliphatic carbocycles. The molecule has 0 saturated heterocycles. The molecule has 3 rings (SSSR count). The molecule has 0 aromatic heterocycles. The largest absolute Gasteiger partial charge is 0.481 e. The smallest absolute Gasteiger partial charge is 0.305 e. The Labute approximate surface area is 141 Å². The number of hydrogen-bond donors (Lipinski definition) is 2. The third kappa shape index (κ3) is 3.32. The first-order chi connectivity index (χ1) is 11.6. The number of hydrogen-bond acceptors (Lipinski definition) is 2. The lowest BCUT2D eigenvalue weighted by molar-refractivity contribution is -0.137. The van der Waals surface area contributed by atoms with Crippen molar-refractivity contribution in [1.29, 1.82) is 0 Å². The van der Waals surface area contributed by atoms with Crippen LogP contribution in [0.5, 0.6) is 0 Å². The average Bonchev–Trinajstić information content (AvgIpc) is 2.99. The Balaban J connectivity index is 1.95.